The fourth-order valence-corrected chi connectivity index (χ4v) is 1.18. The first-order chi connectivity index (χ1) is 8.69. The van der Waals surface area contributed by atoms with E-state index in [4.69, 9.17) is 15.6 Å². The number of hydrogen-bond acceptors (Lipinski definition) is 6. The van der Waals surface area contributed by atoms with E-state index < -0.39 is 6.10 Å². The summed E-state index contributed by atoms with van der Waals surface area (Å²) in [6, 6.07) is -0.00958. The number of hydrogen-bond donors (Lipinski definition) is 3. The van der Waals surface area contributed by atoms with Crippen LogP contribution in [0.1, 0.15) is 12.5 Å². The van der Waals surface area contributed by atoms with Crippen molar-refractivity contribution in [3.05, 3.63) is 31.4 Å². The molecule has 18 heavy (non-hydrogen) atoms. The van der Waals surface area contributed by atoms with Crippen LogP contribution >= 0.6 is 0 Å². The maximum absolute atomic E-state index is 9.23. The van der Waals surface area contributed by atoms with Crippen molar-refractivity contribution in [1.82, 2.24) is 14.9 Å². The van der Waals surface area contributed by atoms with Crippen molar-refractivity contribution >= 4 is 0 Å². The normalized spacial score (nSPS) is 12.0. The third kappa shape index (κ3) is 6.28. The lowest BCUT2D eigenvalue weighted by molar-refractivity contribution is 0.0802. The van der Waals surface area contributed by atoms with Crippen LogP contribution < -0.4 is 5.32 Å². The van der Waals surface area contributed by atoms with Gasteiger partial charge >= 0.3 is 0 Å². The van der Waals surface area contributed by atoms with Gasteiger partial charge in [0.2, 0.25) is 0 Å². The van der Waals surface area contributed by atoms with Crippen LogP contribution in [0, 0.1) is 22.9 Å². The quantitative estimate of drug-likeness (QED) is 0.381. The van der Waals surface area contributed by atoms with E-state index >= 15 is 0 Å². The minimum atomic E-state index is -0.703. The van der Waals surface area contributed by atoms with Crippen molar-refractivity contribution in [2.75, 3.05) is 6.61 Å². The number of nitriles is 2. The Morgan fingerprint density at radius 1 is 1.50 bits per heavy atom. The third-order valence-corrected chi connectivity index (χ3v) is 2.02. The molecule has 0 aliphatic heterocycles. The molecule has 0 amide bonds. The number of nitrogens with zero attached hydrogens (tertiary/aromatic N) is 4. The van der Waals surface area contributed by atoms with E-state index in [1.807, 2.05) is 4.57 Å². The number of allylic oxidation sites excluding steroid dienone is 1. The minimum Gasteiger partial charge on any atom is -0.394 e. The molecule has 3 N–H and O–H groups in total. The van der Waals surface area contributed by atoms with E-state index in [2.05, 4.69) is 11.6 Å². The second-order valence-corrected chi connectivity index (χ2v) is 3.23. The zero-order chi connectivity index (χ0) is 13.8. The molecule has 0 aromatic carbocycles. The van der Waals surface area contributed by atoms with Crippen LogP contribution in [0.4, 0.5) is 0 Å². The molecule has 7 nitrogen and oxygen atoms in total. The Hall–Kier alpha value is -2.35. The second kappa shape index (κ2) is 9.85. The van der Waals surface area contributed by atoms with Crippen molar-refractivity contribution in [1.29, 1.82) is 10.5 Å². The topological polar surface area (TPSA) is 118 Å². The van der Waals surface area contributed by atoms with Gasteiger partial charge in [-0.05, 0) is 6.42 Å². The summed E-state index contributed by atoms with van der Waals surface area (Å²) in [4.78, 5) is 3.90. The van der Waals surface area contributed by atoms with Gasteiger partial charge in [0, 0.05) is 12.4 Å². The summed E-state index contributed by atoms with van der Waals surface area (Å²) in [5.41, 5.74) is 0. The molecule has 1 rings (SSSR count). The summed E-state index contributed by atoms with van der Waals surface area (Å²) in [5.74, 6) is 0. The Kier molecular flexibility index (Phi) is 8.56. The number of aliphatic hydroxyl groups excluding tert-OH is 2. The first-order valence-corrected chi connectivity index (χ1v) is 5.11. The molecule has 0 saturated heterocycles. The molecule has 0 fully saturated rings. The zero-order valence-corrected chi connectivity index (χ0v) is 9.77. The molecular formula is C11H15N5O2. The van der Waals surface area contributed by atoms with Crippen LogP contribution in [0.2, 0.25) is 0 Å². The fourth-order valence-electron chi connectivity index (χ4n) is 1.18. The van der Waals surface area contributed by atoms with Gasteiger partial charge in [0.15, 0.2) is 12.4 Å². The lowest BCUT2D eigenvalue weighted by Gasteiger charge is -2.16. The molecule has 0 aliphatic rings. The zero-order valence-electron chi connectivity index (χ0n) is 9.77. The van der Waals surface area contributed by atoms with Gasteiger partial charge in [0.1, 0.15) is 0 Å². The second-order valence-electron chi connectivity index (χ2n) is 3.23. The lowest BCUT2D eigenvalue weighted by atomic mass is 10.1. The molecule has 1 aromatic heterocycles. The standard InChI is InChI=1S/C9H14N2O2.C2HN3/c1-2-8(5-9(13)6-12)11-4-3-10-7-11;3-1-5-2-4/h2-4,7-9,12-13H,1,5-6H2;5H. The summed E-state index contributed by atoms with van der Waals surface area (Å²) < 4.78 is 1.84. The Bertz CT molecular complexity index is 392. The Morgan fingerprint density at radius 2 is 2.17 bits per heavy atom. The van der Waals surface area contributed by atoms with Crippen LogP contribution in [0.3, 0.4) is 0 Å². The molecule has 0 radical (unpaired) electrons. The first kappa shape index (κ1) is 15.7. The van der Waals surface area contributed by atoms with E-state index in [1.54, 1.807) is 30.1 Å². The van der Waals surface area contributed by atoms with Gasteiger partial charge in [-0.1, -0.05) is 6.08 Å². The summed E-state index contributed by atoms with van der Waals surface area (Å²) in [7, 11) is 0. The van der Waals surface area contributed by atoms with E-state index in [0.717, 1.165) is 0 Å². The van der Waals surface area contributed by atoms with E-state index in [1.165, 1.54) is 12.4 Å². The van der Waals surface area contributed by atoms with E-state index in [0.29, 0.717) is 6.42 Å². The van der Waals surface area contributed by atoms with Crippen LogP contribution in [0.15, 0.2) is 31.4 Å². The average Bonchev–Trinajstić information content (AvgIpc) is 2.91. The molecular weight excluding hydrogens is 234 g/mol. The molecule has 96 valence electrons. The summed E-state index contributed by atoms with van der Waals surface area (Å²) in [5, 5.41) is 34.6. The van der Waals surface area contributed by atoms with E-state index in [-0.39, 0.29) is 12.6 Å². The maximum Gasteiger partial charge on any atom is 0.190 e. The molecule has 2 unspecified atom stereocenters. The molecule has 0 saturated carbocycles. The van der Waals surface area contributed by atoms with Crippen molar-refractivity contribution in [2.45, 2.75) is 18.6 Å². The molecule has 0 aliphatic carbocycles. The average molecular weight is 249 g/mol. The Morgan fingerprint density at radius 3 is 2.50 bits per heavy atom. The van der Waals surface area contributed by atoms with Crippen LogP contribution in [-0.4, -0.2) is 32.5 Å². The Labute approximate surface area is 105 Å². The molecule has 0 spiro atoms. The number of aliphatic hydroxyl groups is 2. The highest BCUT2D eigenvalue weighted by atomic mass is 16.3. The number of rotatable bonds is 5. The van der Waals surface area contributed by atoms with Gasteiger partial charge in [-0.25, -0.2) is 10.3 Å². The Balaban J connectivity index is 0.000000494. The van der Waals surface area contributed by atoms with Gasteiger partial charge in [0.05, 0.1) is 25.1 Å². The lowest BCUT2D eigenvalue weighted by Crippen LogP contribution is -2.18. The van der Waals surface area contributed by atoms with Gasteiger partial charge in [-0.2, -0.15) is 10.5 Å². The summed E-state index contributed by atoms with van der Waals surface area (Å²) in [6.45, 7) is 3.44. The molecule has 1 aromatic rings. The molecule has 7 heteroatoms. The summed E-state index contributed by atoms with van der Waals surface area (Å²) >= 11 is 0. The van der Waals surface area contributed by atoms with Crippen LogP contribution in [0.5, 0.6) is 0 Å². The van der Waals surface area contributed by atoms with E-state index in [9.17, 15) is 5.11 Å². The van der Waals surface area contributed by atoms with Crippen LogP contribution in [-0.2, 0) is 0 Å². The highest BCUT2D eigenvalue weighted by molar-refractivity contribution is 4.91. The van der Waals surface area contributed by atoms with Gasteiger partial charge in [-0.15, -0.1) is 6.58 Å². The van der Waals surface area contributed by atoms with Crippen LogP contribution in [0.25, 0.3) is 0 Å². The molecule has 2 atom stereocenters. The number of imidazole rings is 1. The number of nitrogens with one attached hydrogen (secondary N) is 1. The maximum atomic E-state index is 9.23. The first-order valence-electron chi connectivity index (χ1n) is 5.11. The molecule has 1 heterocycles. The highest BCUT2D eigenvalue weighted by Gasteiger charge is 2.11. The predicted molar refractivity (Wildman–Crippen MR) is 63.5 cm³/mol. The van der Waals surface area contributed by atoms with Crippen molar-refractivity contribution in [3.8, 4) is 12.4 Å². The SMILES string of the molecule is C=CC(CC(O)CO)n1ccnc1.N#CNC#N. The van der Waals surface area contributed by atoms with Gasteiger partial charge in [0.25, 0.3) is 0 Å². The highest BCUT2D eigenvalue weighted by Crippen LogP contribution is 2.14. The van der Waals surface area contributed by atoms with Crippen molar-refractivity contribution in [3.63, 3.8) is 0 Å². The van der Waals surface area contributed by atoms with Gasteiger partial charge in [-0.3, -0.25) is 0 Å². The van der Waals surface area contributed by atoms with Crippen molar-refractivity contribution < 1.29 is 10.2 Å². The monoisotopic (exact) mass is 249 g/mol. The smallest absolute Gasteiger partial charge is 0.190 e. The number of aromatic nitrogens is 2. The largest absolute Gasteiger partial charge is 0.394 e. The van der Waals surface area contributed by atoms with Crippen molar-refractivity contribution in [2.24, 2.45) is 0 Å². The van der Waals surface area contributed by atoms with Gasteiger partial charge < -0.3 is 14.8 Å². The minimum absolute atomic E-state index is 0.00958. The molecule has 0 bridgehead atoms. The summed E-state index contributed by atoms with van der Waals surface area (Å²) in [6.07, 6.45) is 9.42. The third-order valence-electron chi connectivity index (χ3n) is 2.02. The predicted octanol–water partition coefficient (Wildman–Crippen LogP) is -0.108. The fraction of sp³-hybridized carbons (Fsp3) is 0.364.